The molecule has 9 aromatic rings. The van der Waals surface area contributed by atoms with Crippen LogP contribution in [0.2, 0.25) is 0 Å². The van der Waals surface area contributed by atoms with Crippen LogP contribution in [0.4, 0.5) is 17.1 Å². The molecule has 2 heteroatoms. The summed E-state index contributed by atoms with van der Waals surface area (Å²) in [5.74, 6) is 0.841. The van der Waals surface area contributed by atoms with Gasteiger partial charge in [-0.2, -0.15) is 0 Å². The number of nitrogens with zero attached hydrogens (tertiary/aromatic N) is 1. The summed E-state index contributed by atoms with van der Waals surface area (Å²) in [6, 6.07) is 71.1. The van der Waals surface area contributed by atoms with Gasteiger partial charge in [-0.15, -0.1) is 0 Å². The van der Waals surface area contributed by atoms with E-state index in [1.54, 1.807) is 0 Å². The van der Waals surface area contributed by atoms with Crippen LogP contribution in [0, 0.1) is 0 Å². The van der Waals surface area contributed by atoms with Crippen molar-refractivity contribution in [2.75, 3.05) is 4.90 Å². The average Bonchev–Trinajstić information content (AvgIpc) is 3.63. The lowest BCUT2D eigenvalue weighted by molar-refractivity contribution is 0.631. The van der Waals surface area contributed by atoms with Crippen LogP contribution in [0.1, 0.15) is 0 Å². The second-order valence-corrected chi connectivity index (χ2v) is 12.6. The van der Waals surface area contributed by atoms with Gasteiger partial charge in [0, 0.05) is 22.3 Å². The van der Waals surface area contributed by atoms with Crippen molar-refractivity contribution in [1.29, 1.82) is 0 Å². The third-order valence-corrected chi connectivity index (χ3v) is 9.49. The van der Waals surface area contributed by atoms with Crippen LogP contribution in [0.15, 0.2) is 205 Å². The minimum Gasteiger partial charge on any atom is -0.456 e. The van der Waals surface area contributed by atoms with Crippen molar-refractivity contribution in [1.82, 2.24) is 0 Å². The highest BCUT2D eigenvalue weighted by atomic mass is 16.3. The van der Waals surface area contributed by atoms with Gasteiger partial charge in [0.15, 0.2) is 0 Å². The number of furan rings is 1. The van der Waals surface area contributed by atoms with Crippen molar-refractivity contribution in [2.24, 2.45) is 0 Å². The number of fused-ring (bicyclic) bond motifs is 2. The van der Waals surface area contributed by atoms with Crippen LogP contribution in [-0.4, -0.2) is 0 Å². The topological polar surface area (TPSA) is 16.4 Å². The largest absolute Gasteiger partial charge is 0.456 e. The van der Waals surface area contributed by atoms with Gasteiger partial charge in [0.1, 0.15) is 11.3 Å². The fraction of sp³-hybridized carbons (Fsp3) is 0. The van der Waals surface area contributed by atoms with Gasteiger partial charge in [-0.1, -0.05) is 146 Å². The van der Waals surface area contributed by atoms with Crippen molar-refractivity contribution in [3.63, 3.8) is 0 Å². The second kappa shape index (κ2) is 12.8. The summed E-state index contributed by atoms with van der Waals surface area (Å²) in [6.07, 6.45) is 0. The molecule has 0 aliphatic carbocycles. The number of para-hydroxylation sites is 2. The molecule has 0 radical (unpaired) electrons. The Labute approximate surface area is 292 Å². The molecule has 1 heterocycles. The van der Waals surface area contributed by atoms with Gasteiger partial charge < -0.3 is 9.32 Å². The van der Waals surface area contributed by atoms with Gasteiger partial charge in [-0.25, -0.2) is 0 Å². The minimum absolute atomic E-state index is 0.841. The van der Waals surface area contributed by atoms with Crippen molar-refractivity contribution in [3.05, 3.63) is 200 Å². The van der Waals surface area contributed by atoms with E-state index in [-0.39, 0.29) is 0 Å². The Bertz CT molecular complexity index is 2550. The van der Waals surface area contributed by atoms with Gasteiger partial charge in [0.2, 0.25) is 0 Å². The Morgan fingerprint density at radius 2 is 0.840 bits per heavy atom. The van der Waals surface area contributed by atoms with Gasteiger partial charge in [0.25, 0.3) is 0 Å². The zero-order valence-electron chi connectivity index (χ0n) is 27.4. The monoisotopic (exact) mass is 639 g/mol. The highest BCUT2D eigenvalue weighted by molar-refractivity contribution is 5.92. The van der Waals surface area contributed by atoms with Crippen LogP contribution in [0.3, 0.4) is 0 Å². The van der Waals surface area contributed by atoms with Crippen LogP contribution < -0.4 is 4.90 Å². The van der Waals surface area contributed by atoms with Crippen LogP contribution in [0.5, 0.6) is 0 Å². The summed E-state index contributed by atoms with van der Waals surface area (Å²) < 4.78 is 6.43. The summed E-state index contributed by atoms with van der Waals surface area (Å²) in [4.78, 5) is 2.33. The van der Waals surface area contributed by atoms with Crippen LogP contribution in [0.25, 0.3) is 66.4 Å². The molecule has 0 unspecified atom stereocenters. The molecule has 2 nitrogen and oxygen atoms in total. The van der Waals surface area contributed by atoms with E-state index in [4.69, 9.17) is 4.42 Å². The SMILES string of the molecule is c1ccc(-c2ccccc2-c2ccc(N(c3ccc(-c4ccc5ccccc5c4)cc3)c3ccccc3-c3cc4ccccc4o3)cc2)cc1. The molecule has 0 spiro atoms. The maximum atomic E-state index is 6.43. The first-order chi connectivity index (χ1) is 24.8. The lowest BCUT2D eigenvalue weighted by Crippen LogP contribution is -2.11. The number of benzene rings is 8. The smallest absolute Gasteiger partial charge is 0.137 e. The van der Waals surface area contributed by atoms with E-state index in [2.05, 4.69) is 193 Å². The molecule has 50 heavy (non-hydrogen) atoms. The summed E-state index contributed by atoms with van der Waals surface area (Å²) in [7, 11) is 0. The zero-order chi connectivity index (χ0) is 33.3. The molecular weight excluding hydrogens is 607 g/mol. The quantitative estimate of drug-likeness (QED) is 0.173. The molecule has 0 saturated carbocycles. The molecule has 0 atom stereocenters. The van der Waals surface area contributed by atoms with Crippen molar-refractivity contribution < 1.29 is 4.42 Å². The van der Waals surface area contributed by atoms with Crippen molar-refractivity contribution in [3.8, 4) is 44.7 Å². The number of hydrogen-bond acceptors (Lipinski definition) is 2. The molecule has 0 aliphatic heterocycles. The van der Waals surface area contributed by atoms with Crippen LogP contribution in [-0.2, 0) is 0 Å². The summed E-state index contributed by atoms with van der Waals surface area (Å²) >= 11 is 0. The first-order valence-electron chi connectivity index (χ1n) is 17.0. The zero-order valence-corrected chi connectivity index (χ0v) is 27.4. The molecule has 0 saturated heterocycles. The Kier molecular flexibility index (Phi) is 7.53. The maximum Gasteiger partial charge on any atom is 0.137 e. The third-order valence-electron chi connectivity index (χ3n) is 9.49. The molecule has 9 rings (SSSR count). The predicted molar refractivity (Wildman–Crippen MR) is 210 cm³/mol. The van der Waals surface area contributed by atoms with Gasteiger partial charge in [-0.05, 0) is 98.8 Å². The highest BCUT2D eigenvalue weighted by Gasteiger charge is 2.20. The molecule has 0 N–H and O–H groups in total. The summed E-state index contributed by atoms with van der Waals surface area (Å²) in [5, 5.41) is 3.57. The Hall–Kier alpha value is -6.64. The molecule has 0 bridgehead atoms. The fourth-order valence-electron chi connectivity index (χ4n) is 6.99. The van der Waals surface area contributed by atoms with E-state index in [0.29, 0.717) is 0 Å². The Morgan fingerprint density at radius 1 is 0.320 bits per heavy atom. The fourth-order valence-corrected chi connectivity index (χ4v) is 6.99. The predicted octanol–water partition coefficient (Wildman–Crippen LogP) is 13.7. The molecule has 0 aliphatic rings. The normalized spacial score (nSPS) is 11.2. The van der Waals surface area contributed by atoms with E-state index in [1.807, 2.05) is 12.1 Å². The van der Waals surface area contributed by atoms with Gasteiger partial charge in [-0.3, -0.25) is 0 Å². The molecule has 0 fully saturated rings. The number of rotatable bonds is 7. The van der Waals surface area contributed by atoms with E-state index in [1.165, 1.54) is 44.2 Å². The van der Waals surface area contributed by atoms with Crippen LogP contribution >= 0.6 is 0 Å². The number of hydrogen-bond donors (Lipinski definition) is 0. The second-order valence-electron chi connectivity index (χ2n) is 12.6. The molecule has 1 aromatic heterocycles. The van der Waals surface area contributed by atoms with E-state index < -0.39 is 0 Å². The maximum absolute atomic E-state index is 6.43. The summed E-state index contributed by atoms with van der Waals surface area (Å²) in [5.41, 5.74) is 12.3. The summed E-state index contributed by atoms with van der Waals surface area (Å²) in [6.45, 7) is 0. The standard InChI is InChI=1S/C48H33NO/c1-2-13-36(14-3-1)43-17-7-8-18-44(43)37-26-30-42(31-27-37)49(46-20-10-9-19-45(46)48-33-40-16-6-11-21-47(40)50-48)41-28-24-35(25-29-41)39-23-22-34-12-4-5-15-38(34)32-39/h1-33H. The molecule has 0 amide bonds. The lowest BCUT2D eigenvalue weighted by atomic mass is 9.94. The van der Waals surface area contributed by atoms with Crippen molar-refractivity contribution in [2.45, 2.75) is 0 Å². The first-order valence-corrected chi connectivity index (χ1v) is 17.0. The van der Waals surface area contributed by atoms with E-state index in [9.17, 15) is 0 Å². The van der Waals surface area contributed by atoms with Gasteiger partial charge in [0.05, 0.1) is 5.69 Å². The average molecular weight is 640 g/mol. The number of anilines is 3. The lowest BCUT2D eigenvalue weighted by Gasteiger charge is -2.27. The van der Waals surface area contributed by atoms with Crippen molar-refractivity contribution >= 4 is 38.8 Å². The Morgan fingerprint density at radius 3 is 1.54 bits per heavy atom. The molecular formula is C48H33NO. The van der Waals surface area contributed by atoms with E-state index >= 15 is 0 Å². The Balaban J connectivity index is 1.15. The molecule has 8 aromatic carbocycles. The highest BCUT2D eigenvalue weighted by Crippen LogP contribution is 2.43. The third kappa shape index (κ3) is 5.53. The minimum atomic E-state index is 0.841. The van der Waals surface area contributed by atoms with Gasteiger partial charge >= 0.3 is 0 Å². The molecule has 236 valence electrons. The van der Waals surface area contributed by atoms with E-state index in [0.717, 1.165) is 39.4 Å². The first kappa shape index (κ1) is 29.5.